The first-order valence-electron chi connectivity index (χ1n) is 5.92. The van der Waals surface area contributed by atoms with Crippen molar-refractivity contribution >= 4 is 11.6 Å². The van der Waals surface area contributed by atoms with Crippen molar-refractivity contribution < 1.29 is 9.90 Å². The van der Waals surface area contributed by atoms with E-state index in [2.05, 4.69) is 4.98 Å². The van der Waals surface area contributed by atoms with Crippen molar-refractivity contribution in [2.24, 2.45) is 17.4 Å². The third kappa shape index (κ3) is 2.16. The van der Waals surface area contributed by atoms with Crippen molar-refractivity contribution in [3.05, 3.63) is 24.5 Å². The number of pyridine rings is 1. The summed E-state index contributed by atoms with van der Waals surface area (Å²) in [5.74, 6) is -0.547. The van der Waals surface area contributed by atoms with Gasteiger partial charge >= 0.3 is 0 Å². The van der Waals surface area contributed by atoms with Crippen LogP contribution in [0.4, 0.5) is 5.69 Å². The number of primary amides is 1. The molecule has 1 aliphatic heterocycles. The van der Waals surface area contributed by atoms with E-state index in [1.807, 2.05) is 11.8 Å². The Bertz CT molecular complexity index is 425. The summed E-state index contributed by atoms with van der Waals surface area (Å²) in [5.41, 5.74) is 12.2. The predicted molar refractivity (Wildman–Crippen MR) is 67.7 cm³/mol. The number of aliphatic hydroxyl groups excluding tert-OH is 1. The van der Waals surface area contributed by atoms with Gasteiger partial charge in [-0.05, 0) is 12.1 Å². The van der Waals surface area contributed by atoms with Crippen molar-refractivity contribution in [1.82, 2.24) is 4.98 Å². The lowest BCUT2D eigenvalue weighted by Crippen LogP contribution is -2.66. The third-order valence-electron chi connectivity index (χ3n) is 3.45. The number of aliphatic hydroxyl groups is 1. The summed E-state index contributed by atoms with van der Waals surface area (Å²) in [4.78, 5) is 17.4. The quantitative estimate of drug-likeness (QED) is 0.629. The second-order valence-electron chi connectivity index (χ2n) is 4.75. The lowest BCUT2D eigenvalue weighted by Gasteiger charge is -2.45. The van der Waals surface area contributed by atoms with Crippen LogP contribution in [0, 0.1) is 5.92 Å². The lowest BCUT2D eigenvalue weighted by molar-refractivity contribution is -0.121. The number of hydrogen-bond donors (Lipinski definition) is 3. The molecule has 0 radical (unpaired) electrons. The van der Waals surface area contributed by atoms with E-state index in [0.717, 1.165) is 5.69 Å². The zero-order valence-corrected chi connectivity index (χ0v) is 10.2. The molecule has 18 heavy (non-hydrogen) atoms. The van der Waals surface area contributed by atoms with Crippen molar-refractivity contribution in [3.8, 4) is 0 Å². The van der Waals surface area contributed by atoms with Gasteiger partial charge in [0.05, 0.1) is 12.1 Å². The monoisotopic (exact) mass is 250 g/mol. The van der Waals surface area contributed by atoms with Crippen LogP contribution in [0.1, 0.15) is 6.92 Å². The molecule has 4 atom stereocenters. The number of nitrogens with two attached hydrogens (primary N) is 2. The molecule has 2 rings (SSSR count). The van der Waals surface area contributed by atoms with E-state index in [1.165, 1.54) is 0 Å². The number of carbonyl (C=O) groups is 1. The Balaban J connectivity index is 2.35. The summed E-state index contributed by atoms with van der Waals surface area (Å²) in [6.45, 7) is 2.43. The van der Waals surface area contributed by atoms with Crippen LogP contribution in [0.2, 0.25) is 0 Å². The lowest BCUT2D eigenvalue weighted by atomic mass is 9.86. The fourth-order valence-corrected chi connectivity index (χ4v) is 2.45. The molecule has 5 N–H and O–H groups in total. The standard InChI is InChI=1S/C12H18N4O2/c1-7-6-16(8-2-4-15-5-3-8)10(12(14)18)9(13)11(7)17/h2-5,7,9-11,17H,6,13H2,1H3,(H2,14,18). The highest BCUT2D eigenvalue weighted by Gasteiger charge is 2.42. The van der Waals surface area contributed by atoms with Gasteiger partial charge in [-0.2, -0.15) is 0 Å². The molecule has 4 unspecified atom stereocenters. The minimum atomic E-state index is -0.722. The fraction of sp³-hybridized carbons (Fsp3) is 0.500. The van der Waals surface area contributed by atoms with E-state index in [4.69, 9.17) is 11.5 Å². The van der Waals surface area contributed by atoms with E-state index in [0.29, 0.717) is 6.54 Å². The number of amides is 1. The Morgan fingerprint density at radius 2 is 2.11 bits per heavy atom. The number of carbonyl (C=O) groups excluding carboxylic acids is 1. The molecule has 1 aliphatic rings. The Labute approximate surface area is 106 Å². The molecule has 1 fully saturated rings. The van der Waals surface area contributed by atoms with Crippen LogP contribution in [-0.4, -0.2) is 40.7 Å². The second kappa shape index (κ2) is 4.91. The molecule has 0 aliphatic carbocycles. The largest absolute Gasteiger partial charge is 0.391 e. The number of rotatable bonds is 2. The van der Waals surface area contributed by atoms with Crippen LogP contribution >= 0.6 is 0 Å². The molecule has 0 aromatic carbocycles. The second-order valence-corrected chi connectivity index (χ2v) is 4.75. The van der Waals surface area contributed by atoms with E-state index in [-0.39, 0.29) is 5.92 Å². The van der Waals surface area contributed by atoms with Crippen molar-refractivity contribution in [1.29, 1.82) is 0 Å². The van der Waals surface area contributed by atoms with E-state index in [9.17, 15) is 9.90 Å². The summed E-state index contributed by atoms with van der Waals surface area (Å²) >= 11 is 0. The maximum atomic E-state index is 11.6. The molecule has 0 spiro atoms. The smallest absolute Gasteiger partial charge is 0.241 e. The number of hydrogen-bond acceptors (Lipinski definition) is 5. The molecule has 1 aromatic rings. The van der Waals surface area contributed by atoms with Gasteiger partial charge in [0.1, 0.15) is 6.04 Å². The summed E-state index contributed by atoms with van der Waals surface area (Å²) in [6, 6.07) is 2.22. The first-order valence-corrected chi connectivity index (χ1v) is 5.92. The summed E-state index contributed by atoms with van der Waals surface area (Å²) in [7, 11) is 0. The molecular formula is C12H18N4O2. The van der Waals surface area contributed by atoms with Gasteiger partial charge < -0.3 is 21.5 Å². The SMILES string of the molecule is CC1CN(c2ccncc2)C(C(N)=O)C(N)C1O. The maximum absolute atomic E-state index is 11.6. The van der Waals surface area contributed by atoms with Crippen LogP contribution < -0.4 is 16.4 Å². The number of nitrogens with zero attached hydrogens (tertiary/aromatic N) is 2. The zero-order chi connectivity index (χ0) is 13.3. The number of aromatic nitrogens is 1. The van der Waals surface area contributed by atoms with Gasteiger partial charge in [-0.3, -0.25) is 9.78 Å². The summed E-state index contributed by atoms with van der Waals surface area (Å²) in [5, 5.41) is 9.96. The normalized spacial score (nSPS) is 32.3. The minimum absolute atomic E-state index is 0.0243. The molecule has 6 heteroatoms. The van der Waals surface area contributed by atoms with Gasteiger partial charge in [-0.25, -0.2) is 0 Å². The van der Waals surface area contributed by atoms with Gasteiger partial charge in [0.15, 0.2) is 0 Å². The highest BCUT2D eigenvalue weighted by Crippen LogP contribution is 2.26. The Morgan fingerprint density at radius 1 is 1.50 bits per heavy atom. The average molecular weight is 250 g/mol. The van der Waals surface area contributed by atoms with E-state index in [1.54, 1.807) is 24.5 Å². The van der Waals surface area contributed by atoms with E-state index >= 15 is 0 Å². The van der Waals surface area contributed by atoms with Gasteiger partial charge in [-0.1, -0.05) is 6.92 Å². The predicted octanol–water partition coefficient (Wildman–Crippen LogP) is -0.920. The number of anilines is 1. The molecule has 1 amide bonds. The van der Waals surface area contributed by atoms with Crippen LogP contribution in [0.5, 0.6) is 0 Å². The highest BCUT2D eigenvalue weighted by molar-refractivity contribution is 5.85. The summed E-state index contributed by atoms with van der Waals surface area (Å²) in [6.07, 6.45) is 2.57. The number of piperidine rings is 1. The molecule has 1 aromatic heterocycles. The minimum Gasteiger partial charge on any atom is -0.391 e. The molecular weight excluding hydrogens is 232 g/mol. The van der Waals surface area contributed by atoms with Gasteiger partial charge in [-0.15, -0.1) is 0 Å². The topological polar surface area (TPSA) is 105 Å². The van der Waals surface area contributed by atoms with Crippen LogP contribution in [0.3, 0.4) is 0 Å². The first-order chi connectivity index (χ1) is 8.52. The maximum Gasteiger partial charge on any atom is 0.241 e. The Hall–Kier alpha value is -1.66. The molecule has 98 valence electrons. The van der Waals surface area contributed by atoms with Crippen LogP contribution in [-0.2, 0) is 4.79 Å². The molecule has 2 heterocycles. The first kappa shape index (κ1) is 12.8. The fourth-order valence-electron chi connectivity index (χ4n) is 2.45. The van der Waals surface area contributed by atoms with Crippen molar-refractivity contribution in [2.45, 2.75) is 25.1 Å². The van der Waals surface area contributed by atoms with Crippen molar-refractivity contribution in [3.63, 3.8) is 0 Å². The average Bonchev–Trinajstić information content (AvgIpc) is 2.36. The van der Waals surface area contributed by atoms with Gasteiger partial charge in [0.2, 0.25) is 5.91 Å². The molecule has 6 nitrogen and oxygen atoms in total. The Morgan fingerprint density at radius 3 is 2.67 bits per heavy atom. The van der Waals surface area contributed by atoms with Crippen molar-refractivity contribution in [2.75, 3.05) is 11.4 Å². The van der Waals surface area contributed by atoms with Gasteiger partial charge in [0, 0.05) is 30.5 Å². The molecule has 0 bridgehead atoms. The van der Waals surface area contributed by atoms with Crippen LogP contribution in [0.15, 0.2) is 24.5 Å². The summed E-state index contributed by atoms with van der Waals surface area (Å²) < 4.78 is 0. The zero-order valence-electron chi connectivity index (χ0n) is 10.2. The molecule has 1 saturated heterocycles. The van der Waals surface area contributed by atoms with E-state index < -0.39 is 24.1 Å². The Kier molecular flexibility index (Phi) is 3.49. The highest BCUT2D eigenvalue weighted by atomic mass is 16.3. The molecule has 0 saturated carbocycles. The van der Waals surface area contributed by atoms with Crippen LogP contribution in [0.25, 0.3) is 0 Å². The van der Waals surface area contributed by atoms with Gasteiger partial charge in [0.25, 0.3) is 0 Å². The third-order valence-corrected chi connectivity index (χ3v) is 3.45.